The summed E-state index contributed by atoms with van der Waals surface area (Å²) >= 11 is 1.28. The number of ketones is 1. The van der Waals surface area contributed by atoms with Crippen LogP contribution in [0.4, 0.5) is 0 Å². The van der Waals surface area contributed by atoms with Crippen molar-refractivity contribution in [3.05, 3.63) is 82.1 Å². The van der Waals surface area contributed by atoms with Crippen LogP contribution >= 0.6 is 11.3 Å². The molecule has 8 heteroatoms. The van der Waals surface area contributed by atoms with Crippen LogP contribution in [0.3, 0.4) is 0 Å². The summed E-state index contributed by atoms with van der Waals surface area (Å²) in [4.78, 5) is 36.2. The molecule has 0 fully saturated rings. The zero-order chi connectivity index (χ0) is 26.5. The van der Waals surface area contributed by atoms with Crippen LogP contribution in [0.1, 0.15) is 47.2 Å². The van der Waals surface area contributed by atoms with Crippen molar-refractivity contribution in [3.8, 4) is 16.3 Å². The van der Waals surface area contributed by atoms with E-state index in [0.29, 0.717) is 28.4 Å². The first-order valence-electron chi connectivity index (χ1n) is 12.6. The van der Waals surface area contributed by atoms with Crippen LogP contribution in [-0.2, 0) is 4.79 Å². The Balaban J connectivity index is 1.72. The third-order valence-electron chi connectivity index (χ3n) is 6.75. The lowest BCUT2D eigenvalue weighted by molar-refractivity contribution is -0.129. The normalized spacial score (nSPS) is 15.6. The van der Waals surface area contributed by atoms with Gasteiger partial charge < -0.3 is 19.6 Å². The Bertz CT molecular complexity index is 1300. The number of benzene rings is 2. The van der Waals surface area contributed by atoms with E-state index in [4.69, 9.17) is 4.74 Å². The van der Waals surface area contributed by atoms with E-state index in [2.05, 4.69) is 23.7 Å². The lowest BCUT2D eigenvalue weighted by Gasteiger charge is -2.28. The first kappa shape index (κ1) is 26.6. The largest absolute Gasteiger partial charge is 0.503 e. The summed E-state index contributed by atoms with van der Waals surface area (Å²) in [5.41, 5.74) is 2.30. The maximum Gasteiger partial charge on any atom is 0.290 e. The van der Waals surface area contributed by atoms with Crippen LogP contribution in [0.5, 0.6) is 5.75 Å². The molecule has 3 aromatic rings. The third kappa shape index (κ3) is 5.45. The molecule has 0 spiro atoms. The number of hydrogen-bond donors (Lipinski definition) is 1. The summed E-state index contributed by atoms with van der Waals surface area (Å²) in [6.45, 7) is 9.07. The molecule has 1 unspecified atom stereocenters. The van der Waals surface area contributed by atoms with Crippen molar-refractivity contribution in [2.45, 2.75) is 33.2 Å². The minimum absolute atomic E-state index is 0.0902. The number of nitrogens with zero attached hydrogens (tertiary/aromatic N) is 3. The predicted molar refractivity (Wildman–Crippen MR) is 146 cm³/mol. The second-order valence-electron chi connectivity index (χ2n) is 8.95. The zero-order valence-electron chi connectivity index (χ0n) is 21.7. The van der Waals surface area contributed by atoms with E-state index in [1.165, 1.54) is 11.3 Å². The minimum Gasteiger partial charge on any atom is -0.503 e. The van der Waals surface area contributed by atoms with E-state index < -0.39 is 17.7 Å². The van der Waals surface area contributed by atoms with Gasteiger partial charge in [0.05, 0.1) is 29.3 Å². The fourth-order valence-corrected chi connectivity index (χ4v) is 5.74. The Hall–Kier alpha value is -3.49. The summed E-state index contributed by atoms with van der Waals surface area (Å²) in [7, 11) is 1.58. The topological polar surface area (TPSA) is 83.0 Å². The molecule has 0 radical (unpaired) electrons. The number of methoxy groups -OCH3 is 1. The molecule has 0 aliphatic carbocycles. The molecule has 1 amide bonds. The standard InChI is InChI=1S/C29H33N3O4S/c1-5-31(6-2)16-11-17-32-24(21-14-10-15-22(18-21)36-4)23(26(34)29(32)35)25(33)27-19(3)30-28(37-27)20-12-8-7-9-13-20/h7-10,12-15,18,24,34H,5-6,11,16-17H2,1-4H3. The van der Waals surface area contributed by atoms with Gasteiger partial charge in [0.25, 0.3) is 5.91 Å². The van der Waals surface area contributed by atoms with Gasteiger partial charge in [-0.1, -0.05) is 56.3 Å². The average molecular weight is 520 g/mol. The van der Waals surface area contributed by atoms with Crippen molar-refractivity contribution in [2.24, 2.45) is 0 Å². The molecular weight excluding hydrogens is 486 g/mol. The minimum atomic E-state index is -0.714. The molecule has 1 aromatic heterocycles. The van der Waals surface area contributed by atoms with Gasteiger partial charge in [0.15, 0.2) is 5.76 Å². The van der Waals surface area contributed by atoms with Crippen molar-refractivity contribution >= 4 is 23.0 Å². The van der Waals surface area contributed by atoms with E-state index in [1.807, 2.05) is 54.6 Å². The highest BCUT2D eigenvalue weighted by Crippen LogP contribution is 2.41. The maximum absolute atomic E-state index is 14.0. The van der Waals surface area contributed by atoms with E-state index in [9.17, 15) is 14.7 Å². The Morgan fingerprint density at radius 2 is 1.86 bits per heavy atom. The second-order valence-corrected chi connectivity index (χ2v) is 9.95. The van der Waals surface area contributed by atoms with E-state index in [0.717, 1.165) is 36.6 Å². The molecule has 0 saturated heterocycles. The summed E-state index contributed by atoms with van der Waals surface area (Å²) in [6, 6.07) is 16.3. The SMILES string of the molecule is CCN(CC)CCCN1C(=O)C(O)=C(C(=O)c2sc(-c3ccccc3)nc2C)C1c1cccc(OC)c1. The predicted octanol–water partition coefficient (Wildman–Crippen LogP) is 5.44. The van der Waals surface area contributed by atoms with Gasteiger partial charge in [0, 0.05) is 12.1 Å². The van der Waals surface area contributed by atoms with Gasteiger partial charge in [-0.25, -0.2) is 4.98 Å². The number of aliphatic hydroxyl groups excluding tert-OH is 1. The number of amides is 1. The van der Waals surface area contributed by atoms with Crippen LogP contribution in [0.25, 0.3) is 10.6 Å². The number of aryl methyl sites for hydroxylation is 1. The summed E-state index contributed by atoms with van der Waals surface area (Å²) in [5.74, 6) is -0.774. The molecule has 1 aliphatic heterocycles. The maximum atomic E-state index is 14.0. The quantitative estimate of drug-likeness (QED) is 0.340. The zero-order valence-corrected chi connectivity index (χ0v) is 22.5. The molecule has 1 N–H and O–H groups in total. The first-order valence-corrected chi connectivity index (χ1v) is 13.4. The van der Waals surface area contributed by atoms with Gasteiger partial charge in [-0.15, -0.1) is 11.3 Å². The molecule has 2 heterocycles. The van der Waals surface area contributed by atoms with Crippen molar-refractivity contribution in [3.63, 3.8) is 0 Å². The summed E-state index contributed by atoms with van der Waals surface area (Å²) in [5, 5.41) is 11.8. The number of rotatable bonds is 11. The van der Waals surface area contributed by atoms with Crippen LogP contribution in [0.15, 0.2) is 65.9 Å². The van der Waals surface area contributed by atoms with Gasteiger partial charge in [-0.2, -0.15) is 0 Å². The molecule has 7 nitrogen and oxygen atoms in total. The number of carbonyl (C=O) groups excluding carboxylic acids is 2. The lowest BCUT2D eigenvalue weighted by Crippen LogP contribution is -2.34. The van der Waals surface area contributed by atoms with Crippen molar-refractivity contribution in [1.29, 1.82) is 0 Å². The van der Waals surface area contributed by atoms with Gasteiger partial charge >= 0.3 is 0 Å². The fourth-order valence-electron chi connectivity index (χ4n) is 4.71. The number of aromatic nitrogens is 1. The third-order valence-corrected chi connectivity index (χ3v) is 7.95. The molecular formula is C29H33N3O4S. The van der Waals surface area contributed by atoms with Crippen LogP contribution in [0.2, 0.25) is 0 Å². The number of carbonyl (C=O) groups is 2. The molecule has 194 valence electrons. The highest BCUT2D eigenvalue weighted by Gasteiger charge is 2.44. The number of hydrogen-bond acceptors (Lipinski definition) is 7. The smallest absolute Gasteiger partial charge is 0.290 e. The van der Waals surface area contributed by atoms with E-state index in [-0.39, 0.29) is 11.4 Å². The Kier molecular flexibility index (Phi) is 8.41. The van der Waals surface area contributed by atoms with E-state index in [1.54, 1.807) is 18.9 Å². The highest BCUT2D eigenvalue weighted by atomic mass is 32.1. The Morgan fingerprint density at radius 1 is 1.14 bits per heavy atom. The molecule has 4 rings (SSSR count). The molecule has 37 heavy (non-hydrogen) atoms. The Morgan fingerprint density at radius 3 is 2.54 bits per heavy atom. The number of Topliss-reactive ketones (excluding diaryl/α,β-unsaturated/α-hetero) is 1. The van der Waals surface area contributed by atoms with Gasteiger partial charge in [0.1, 0.15) is 10.8 Å². The fraction of sp³-hybridized carbons (Fsp3) is 0.345. The molecule has 0 bridgehead atoms. The van der Waals surface area contributed by atoms with Crippen LogP contribution in [0, 0.1) is 6.92 Å². The molecule has 0 saturated carbocycles. The summed E-state index contributed by atoms with van der Waals surface area (Å²) in [6.07, 6.45) is 0.723. The molecule has 2 aromatic carbocycles. The number of ether oxygens (including phenoxy) is 1. The van der Waals surface area contributed by atoms with Crippen LogP contribution in [-0.4, -0.2) is 64.9 Å². The molecule has 1 aliphatic rings. The van der Waals surface area contributed by atoms with Gasteiger partial charge in [-0.05, 0) is 50.7 Å². The van der Waals surface area contributed by atoms with Crippen molar-refractivity contribution in [2.75, 3.05) is 33.3 Å². The Labute approximate surface area is 222 Å². The van der Waals surface area contributed by atoms with Gasteiger partial charge in [0.2, 0.25) is 5.78 Å². The molecule has 1 atom stereocenters. The van der Waals surface area contributed by atoms with Crippen molar-refractivity contribution in [1.82, 2.24) is 14.8 Å². The average Bonchev–Trinajstić information content (AvgIpc) is 3.44. The lowest BCUT2D eigenvalue weighted by atomic mass is 9.95. The highest BCUT2D eigenvalue weighted by molar-refractivity contribution is 7.17. The first-order chi connectivity index (χ1) is 17.9. The summed E-state index contributed by atoms with van der Waals surface area (Å²) < 4.78 is 5.42. The number of thiazole rings is 1. The van der Waals surface area contributed by atoms with Crippen LogP contribution < -0.4 is 4.74 Å². The van der Waals surface area contributed by atoms with Gasteiger partial charge in [-0.3, -0.25) is 9.59 Å². The second kappa shape index (κ2) is 11.7. The van der Waals surface area contributed by atoms with Crippen molar-refractivity contribution < 1.29 is 19.4 Å². The van der Waals surface area contributed by atoms with E-state index >= 15 is 0 Å². The number of aliphatic hydroxyl groups is 1. The monoisotopic (exact) mass is 519 g/mol.